The third-order valence-electron chi connectivity index (χ3n) is 3.12. The van der Waals surface area contributed by atoms with E-state index in [1.54, 1.807) is 29.2 Å². The molecule has 1 aliphatic heterocycles. The lowest BCUT2D eigenvalue weighted by Gasteiger charge is -2.33. The van der Waals surface area contributed by atoms with Crippen LogP contribution in [-0.4, -0.2) is 61.4 Å². The monoisotopic (exact) mass is 362 g/mol. The van der Waals surface area contributed by atoms with E-state index in [1.165, 1.54) is 4.31 Å². The summed E-state index contributed by atoms with van der Waals surface area (Å²) in [6.07, 6.45) is 0. The molecule has 1 aromatic rings. The number of benzene rings is 1. The summed E-state index contributed by atoms with van der Waals surface area (Å²) < 4.78 is 27.0. The second-order valence-electron chi connectivity index (χ2n) is 4.53. The Bertz CT molecular complexity index is 597. The van der Waals surface area contributed by atoms with E-state index in [0.29, 0.717) is 30.7 Å². The number of hydrogen-bond donors (Lipinski definition) is 1. The Hall–Kier alpha value is -0.960. The number of hydrogen-bond acceptors (Lipinski definition) is 4. The van der Waals surface area contributed by atoms with E-state index in [4.69, 9.17) is 5.11 Å². The number of sulfonamides is 1. The predicted octanol–water partition coefficient (Wildman–Crippen LogP) is 0.840. The van der Waals surface area contributed by atoms with Gasteiger partial charge in [0, 0.05) is 30.7 Å². The van der Waals surface area contributed by atoms with E-state index in [2.05, 4.69) is 15.9 Å². The molecule has 1 heterocycles. The van der Waals surface area contributed by atoms with Crippen molar-refractivity contribution in [2.75, 3.05) is 32.7 Å². The van der Waals surface area contributed by atoms with E-state index in [0.717, 1.165) is 0 Å². The van der Waals surface area contributed by atoms with E-state index in [9.17, 15) is 13.2 Å². The largest absolute Gasteiger partial charge is 0.480 e. The minimum absolute atomic E-state index is 0.0508. The van der Waals surface area contributed by atoms with Gasteiger partial charge in [0.25, 0.3) is 0 Å². The Balaban J connectivity index is 2.08. The smallest absolute Gasteiger partial charge is 0.317 e. The molecule has 0 aromatic heterocycles. The third-order valence-corrected chi connectivity index (χ3v) is 5.51. The lowest BCUT2D eigenvalue weighted by Crippen LogP contribution is -2.49. The quantitative estimate of drug-likeness (QED) is 0.858. The molecule has 20 heavy (non-hydrogen) atoms. The minimum atomic E-state index is -3.51. The Labute approximate surface area is 126 Å². The fraction of sp³-hybridized carbons (Fsp3) is 0.417. The molecular weight excluding hydrogens is 348 g/mol. The molecule has 6 nitrogen and oxygen atoms in total. The highest BCUT2D eigenvalue weighted by Crippen LogP contribution is 2.21. The van der Waals surface area contributed by atoms with Crippen molar-refractivity contribution in [3.05, 3.63) is 28.7 Å². The number of aliphatic carboxylic acids is 1. The van der Waals surface area contributed by atoms with Gasteiger partial charge in [0.1, 0.15) is 0 Å². The molecule has 8 heteroatoms. The van der Waals surface area contributed by atoms with Crippen molar-refractivity contribution in [2.45, 2.75) is 4.90 Å². The van der Waals surface area contributed by atoms with Crippen molar-refractivity contribution in [1.82, 2.24) is 9.21 Å². The normalized spacial score (nSPS) is 18.1. The van der Waals surface area contributed by atoms with Crippen LogP contribution in [0.5, 0.6) is 0 Å². The van der Waals surface area contributed by atoms with E-state index >= 15 is 0 Å². The Morgan fingerprint density at radius 1 is 1.25 bits per heavy atom. The van der Waals surface area contributed by atoms with Gasteiger partial charge in [-0.2, -0.15) is 4.31 Å². The first-order valence-electron chi connectivity index (χ1n) is 6.09. The molecule has 1 aromatic carbocycles. The van der Waals surface area contributed by atoms with Gasteiger partial charge in [-0.1, -0.05) is 22.0 Å². The van der Waals surface area contributed by atoms with Crippen LogP contribution in [0.4, 0.5) is 0 Å². The summed E-state index contributed by atoms with van der Waals surface area (Å²) >= 11 is 3.26. The zero-order valence-corrected chi connectivity index (χ0v) is 13.1. The molecule has 0 spiro atoms. The van der Waals surface area contributed by atoms with Crippen LogP contribution < -0.4 is 0 Å². The van der Waals surface area contributed by atoms with Crippen LogP contribution >= 0.6 is 15.9 Å². The SMILES string of the molecule is O=C(O)CN1CCN(S(=O)(=O)c2cccc(Br)c2)CC1. The van der Waals surface area contributed by atoms with Gasteiger partial charge in [0.05, 0.1) is 11.4 Å². The molecule has 0 amide bonds. The molecule has 1 N–H and O–H groups in total. The maximum Gasteiger partial charge on any atom is 0.317 e. The highest BCUT2D eigenvalue weighted by atomic mass is 79.9. The van der Waals surface area contributed by atoms with Crippen LogP contribution in [0.15, 0.2) is 33.6 Å². The third kappa shape index (κ3) is 3.57. The molecule has 1 fully saturated rings. The Kier molecular flexibility index (Phi) is 4.79. The van der Waals surface area contributed by atoms with Gasteiger partial charge >= 0.3 is 5.97 Å². The summed E-state index contributed by atoms with van der Waals surface area (Å²) in [5.74, 6) is -0.895. The van der Waals surface area contributed by atoms with Crippen LogP contribution in [0.2, 0.25) is 0 Å². The summed E-state index contributed by atoms with van der Waals surface area (Å²) in [5, 5.41) is 8.72. The first-order chi connectivity index (χ1) is 9.39. The fourth-order valence-electron chi connectivity index (χ4n) is 2.10. The van der Waals surface area contributed by atoms with Crippen molar-refractivity contribution in [3.8, 4) is 0 Å². The van der Waals surface area contributed by atoms with Crippen LogP contribution in [0.1, 0.15) is 0 Å². The van der Waals surface area contributed by atoms with Crippen molar-refractivity contribution in [2.24, 2.45) is 0 Å². The average molecular weight is 363 g/mol. The molecule has 0 atom stereocenters. The van der Waals surface area contributed by atoms with Gasteiger partial charge in [-0.25, -0.2) is 8.42 Å². The van der Waals surface area contributed by atoms with Crippen molar-refractivity contribution < 1.29 is 18.3 Å². The van der Waals surface area contributed by atoms with Crippen LogP contribution in [0, 0.1) is 0 Å². The van der Waals surface area contributed by atoms with E-state index in [-0.39, 0.29) is 11.4 Å². The minimum Gasteiger partial charge on any atom is -0.480 e. The van der Waals surface area contributed by atoms with Crippen LogP contribution in [0.3, 0.4) is 0 Å². The standard InChI is InChI=1S/C12H15BrN2O4S/c13-10-2-1-3-11(8-10)20(18,19)15-6-4-14(5-7-15)9-12(16)17/h1-3,8H,4-7,9H2,(H,16,17). The van der Waals surface area contributed by atoms with Crippen molar-refractivity contribution >= 4 is 31.9 Å². The van der Waals surface area contributed by atoms with Gasteiger partial charge in [-0.3, -0.25) is 9.69 Å². The molecule has 0 bridgehead atoms. The zero-order valence-electron chi connectivity index (χ0n) is 10.7. The van der Waals surface area contributed by atoms with Crippen LogP contribution in [0.25, 0.3) is 0 Å². The number of carboxylic acid groups (broad SMARTS) is 1. The summed E-state index contributed by atoms with van der Waals surface area (Å²) in [6, 6.07) is 6.57. The average Bonchev–Trinajstić information content (AvgIpc) is 2.38. The lowest BCUT2D eigenvalue weighted by molar-refractivity contribution is -0.138. The maximum atomic E-state index is 12.4. The van der Waals surface area contributed by atoms with Gasteiger partial charge < -0.3 is 5.11 Å². The Morgan fingerprint density at radius 3 is 2.45 bits per heavy atom. The first kappa shape index (κ1) is 15.4. The molecule has 0 unspecified atom stereocenters. The van der Waals surface area contributed by atoms with Gasteiger partial charge in [0.2, 0.25) is 10.0 Å². The van der Waals surface area contributed by atoms with E-state index < -0.39 is 16.0 Å². The second-order valence-corrected chi connectivity index (χ2v) is 7.38. The number of halogens is 1. The van der Waals surface area contributed by atoms with Gasteiger partial charge in [-0.15, -0.1) is 0 Å². The number of nitrogens with zero attached hydrogens (tertiary/aromatic N) is 2. The molecule has 110 valence electrons. The molecule has 1 saturated heterocycles. The molecule has 0 aliphatic carbocycles. The Morgan fingerprint density at radius 2 is 1.90 bits per heavy atom. The molecular formula is C12H15BrN2O4S. The summed E-state index contributed by atoms with van der Waals surface area (Å²) in [7, 11) is -3.51. The first-order valence-corrected chi connectivity index (χ1v) is 8.33. The topological polar surface area (TPSA) is 77.9 Å². The predicted molar refractivity (Wildman–Crippen MR) is 77.0 cm³/mol. The molecule has 0 saturated carbocycles. The number of carboxylic acids is 1. The molecule has 0 radical (unpaired) electrons. The summed E-state index contributed by atoms with van der Waals surface area (Å²) in [6.45, 7) is 1.42. The lowest BCUT2D eigenvalue weighted by atomic mass is 10.3. The van der Waals surface area contributed by atoms with Crippen molar-refractivity contribution in [3.63, 3.8) is 0 Å². The number of piperazine rings is 1. The molecule has 2 rings (SSSR count). The van der Waals surface area contributed by atoms with Gasteiger partial charge in [0.15, 0.2) is 0 Å². The number of rotatable bonds is 4. The maximum absolute atomic E-state index is 12.4. The highest BCUT2D eigenvalue weighted by Gasteiger charge is 2.28. The summed E-state index contributed by atoms with van der Waals surface area (Å²) in [5.41, 5.74) is 0. The zero-order chi connectivity index (χ0) is 14.8. The van der Waals surface area contributed by atoms with Crippen LogP contribution in [-0.2, 0) is 14.8 Å². The molecule has 1 aliphatic rings. The fourth-order valence-corrected chi connectivity index (χ4v) is 4.12. The highest BCUT2D eigenvalue weighted by molar-refractivity contribution is 9.10. The number of carbonyl (C=O) groups is 1. The van der Waals surface area contributed by atoms with Gasteiger partial charge in [-0.05, 0) is 18.2 Å². The van der Waals surface area contributed by atoms with E-state index in [1.807, 2.05) is 0 Å². The second kappa shape index (κ2) is 6.21. The summed E-state index contributed by atoms with van der Waals surface area (Å²) in [4.78, 5) is 12.6. The van der Waals surface area contributed by atoms with Crippen molar-refractivity contribution in [1.29, 1.82) is 0 Å².